The largest absolute Gasteiger partial charge is 0.481 e. The highest BCUT2D eigenvalue weighted by atomic mass is 16.5. The first-order valence-electron chi connectivity index (χ1n) is 4.02. The lowest BCUT2D eigenvalue weighted by Crippen LogP contribution is -2.13. The van der Waals surface area contributed by atoms with Gasteiger partial charge < -0.3 is 10.5 Å². The van der Waals surface area contributed by atoms with Crippen LogP contribution >= 0.6 is 0 Å². The Kier molecular flexibility index (Phi) is 2.84. The van der Waals surface area contributed by atoms with Crippen molar-refractivity contribution in [2.75, 3.05) is 7.11 Å². The summed E-state index contributed by atoms with van der Waals surface area (Å²) in [5.74, 6) is -0.109. The van der Waals surface area contributed by atoms with Gasteiger partial charge in [-0.2, -0.15) is 0 Å². The Morgan fingerprint density at radius 1 is 1.62 bits per heavy atom. The number of hydrogen-bond acceptors (Lipinski definition) is 3. The number of aryl methyl sites for hydroxylation is 1. The summed E-state index contributed by atoms with van der Waals surface area (Å²) in [6.07, 6.45) is 0.819. The first-order valence-corrected chi connectivity index (χ1v) is 4.02. The predicted molar refractivity (Wildman–Crippen MR) is 48.7 cm³/mol. The van der Waals surface area contributed by atoms with E-state index in [0.29, 0.717) is 5.88 Å². The fraction of sp³-hybridized carbons (Fsp3) is 0.333. The Morgan fingerprint density at radius 2 is 2.31 bits per heavy atom. The van der Waals surface area contributed by atoms with E-state index < -0.39 is 5.91 Å². The van der Waals surface area contributed by atoms with Gasteiger partial charge in [-0.25, -0.2) is 4.98 Å². The monoisotopic (exact) mass is 180 g/mol. The molecule has 0 spiro atoms. The molecule has 2 N–H and O–H groups in total. The molecule has 0 saturated carbocycles. The molecule has 0 atom stereocenters. The lowest BCUT2D eigenvalue weighted by atomic mass is 10.2. The van der Waals surface area contributed by atoms with Crippen molar-refractivity contribution in [3.63, 3.8) is 0 Å². The van der Waals surface area contributed by atoms with Crippen molar-refractivity contribution >= 4 is 5.91 Å². The minimum absolute atomic E-state index is 0.246. The average Bonchev–Trinajstić information content (AvgIpc) is 2.16. The van der Waals surface area contributed by atoms with Crippen LogP contribution in [-0.2, 0) is 6.42 Å². The highest BCUT2D eigenvalue weighted by Crippen LogP contribution is 2.12. The van der Waals surface area contributed by atoms with Gasteiger partial charge in [0.25, 0.3) is 5.91 Å². The van der Waals surface area contributed by atoms with Crippen LogP contribution in [0.5, 0.6) is 5.88 Å². The number of carbonyl (C=O) groups excluding carboxylic acids is 1. The lowest BCUT2D eigenvalue weighted by molar-refractivity contribution is 0.0994. The molecule has 13 heavy (non-hydrogen) atoms. The molecule has 1 rings (SSSR count). The van der Waals surface area contributed by atoms with E-state index in [1.165, 1.54) is 7.11 Å². The predicted octanol–water partition coefficient (Wildman–Crippen LogP) is 0.752. The van der Waals surface area contributed by atoms with Gasteiger partial charge in [-0.05, 0) is 18.1 Å². The molecular formula is C9H12N2O2. The molecule has 0 unspecified atom stereocenters. The van der Waals surface area contributed by atoms with E-state index in [2.05, 4.69) is 4.98 Å². The van der Waals surface area contributed by atoms with Crippen LogP contribution in [0.1, 0.15) is 23.0 Å². The van der Waals surface area contributed by atoms with E-state index in [0.717, 1.165) is 12.0 Å². The van der Waals surface area contributed by atoms with Crippen LogP contribution in [0, 0.1) is 0 Å². The summed E-state index contributed by atoms with van der Waals surface area (Å²) >= 11 is 0. The van der Waals surface area contributed by atoms with Crippen LogP contribution in [0.2, 0.25) is 0 Å². The third-order valence-corrected chi connectivity index (χ3v) is 1.73. The molecule has 1 aromatic heterocycles. The van der Waals surface area contributed by atoms with Crippen molar-refractivity contribution in [2.45, 2.75) is 13.3 Å². The van der Waals surface area contributed by atoms with Crippen molar-refractivity contribution in [3.05, 3.63) is 23.4 Å². The Bertz CT molecular complexity index is 301. The van der Waals surface area contributed by atoms with Crippen LogP contribution in [-0.4, -0.2) is 18.0 Å². The van der Waals surface area contributed by atoms with Gasteiger partial charge >= 0.3 is 0 Å². The maximum atomic E-state index is 10.8. The second kappa shape index (κ2) is 3.89. The molecule has 1 aromatic rings. The fourth-order valence-electron chi connectivity index (χ4n) is 0.994. The second-order valence-electron chi connectivity index (χ2n) is 2.62. The first kappa shape index (κ1) is 9.51. The standard InChI is InChI=1S/C9H12N2O2/c1-3-6-4-7(9(10)12)11-8(5-6)13-2/h4-5H,3H2,1-2H3,(H2,10,12). The lowest BCUT2D eigenvalue weighted by Gasteiger charge is -2.03. The maximum absolute atomic E-state index is 10.8. The summed E-state index contributed by atoms with van der Waals surface area (Å²) in [7, 11) is 1.51. The molecular weight excluding hydrogens is 168 g/mol. The van der Waals surface area contributed by atoms with Crippen LogP contribution in [0.25, 0.3) is 0 Å². The zero-order valence-corrected chi connectivity index (χ0v) is 7.70. The van der Waals surface area contributed by atoms with Crippen molar-refractivity contribution in [2.24, 2.45) is 5.73 Å². The number of aromatic nitrogens is 1. The molecule has 0 bridgehead atoms. The Morgan fingerprint density at radius 3 is 2.77 bits per heavy atom. The molecule has 70 valence electrons. The average molecular weight is 180 g/mol. The summed E-state index contributed by atoms with van der Waals surface area (Å²) in [5.41, 5.74) is 6.34. The SMILES string of the molecule is CCc1cc(OC)nc(C(N)=O)c1. The summed E-state index contributed by atoms with van der Waals surface area (Å²) in [6.45, 7) is 1.99. The van der Waals surface area contributed by atoms with Crippen LogP contribution in [0.3, 0.4) is 0 Å². The fourth-order valence-corrected chi connectivity index (χ4v) is 0.994. The van der Waals surface area contributed by atoms with Crippen molar-refractivity contribution in [1.82, 2.24) is 4.98 Å². The van der Waals surface area contributed by atoms with Gasteiger partial charge in [0.1, 0.15) is 5.69 Å². The Labute approximate surface area is 76.7 Å². The van der Waals surface area contributed by atoms with Gasteiger partial charge in [-0.3, -0.25) is 4.79 Å². The maximum Gasteiger partial charge on any atom is 0.267 e. The summed E-state index contributed by atoms with van der Waals surface area (Å²) in [6, 6.07) is 3.46. The molecule has 0 aliphatic carbocycles. The summed E-state index contributed by atoms with van der Waals surface area (Å²) in [5, 5.41) is 0. The zero-order chi connectivity index (χ0) is 9.84. The molecule has 1 heterocycles. The van der Waals surface area contributed by atoms with Crippen LogP contribution in [0.4, 0.5) is 0 Å². The third-order valence-electron chi connectivity index (χ3n) is 1.73. The molecule has 4 nitrogen and oxygen atoms in total. The molecule has 0 aliphatic heterocycles. The molecule has 1 amide bonds. The quantitative estimate of drug-likeness (QED) is 0.746. The molecule has 0 aliphatic rings. The normalized spacial score (nSPS) is 9.69. The van der Waals surface area contributed by atoms with Gasteiger partial charge in [-0.1, -0.05) is 6.92 Å². The van der Waals surface area contributed by atoms with E-state index >= 15 is 0 Å². The number of carbonyl (C=O) groups is 1. The Hall–Kier alpha value is -1.58. The minimum Gasteiger partial charge on any atom is -0.481 e. The third kappa shape index (κ3) is 2.18. The number of nitrogens with zero attached hydrogens (tertiary/aromatic N) is 1. The highest BCUT2D eigenvalue weighted by molar-refractivity contribution is 5.91. The second-order valence-corrected chi connectivity index (χ2v) is 2.62. The van der Waals surface area contributed by atoms with Gasteiger partial charge in [0.15, 0.2) is 0 Å². The Balaban J connectivity index is 3.14. The smallest absolute Gasteiger partial charge is 0.267 e. The number of rotatable bonds is 3. The number of amides is 1. The zero-order valence-electron chi connectivity index (χ0n) is 7.70. The summed E-state index contributed by atoms with van der Waals surface area (Å²) in [4.78, 5) is 14.7. The van der Waals surface area contributed by atoms with E-state index in [1.807, 2.05) is 6.92 Å². The van der Waals surface area contributed by atoms with E-state index in [1.54, 1.807) is 12.1 Å². The minimum atomic E-state index is -0.534. The van der Waals surface area contributed by atoms with E-state index in [-0.39, 0.29) is 5.69 Å². The number of hydrogen-bond donors (Lipinski definition) is 1. The van der Waals surface area contributed by atoms with Crippen LogP contribution in [0.15, 0.2) is 12.1 Å². The molecule has 0 radical (unpaired) electrons. The van der Waals surface area contributed by atoms with Crippen LogP contribution < -0.4 is 10.5 Å². The van der Waals surface area contributed by atoms with Gasteiger partial charge in [0.05, 0.1) is 7.11 Å². The van der Waals surface area contributed by atoms with Gasteiger partial charge in [0.2, 0.25) is 5.88 Å². The number of methoxy groups -OCH3 is 1. The van der Waals surface area contributed by atoms with E-state index in [9.17, 15) is 4.79 Å². The molecule has 0 aromatic carbocycles. The van der Waals surface area contributed by atoms with Gasteiger partial charge in [-0.15, -0.1) is 0 Å². The number of pyridine rings is 1. The summed E-state index contributed by atoms with van der Waals surface area (Å²) < 4.78 is 4.93. The van der Waals surface area contributed by atoms with E-state index in [4.69, 9.17) is 10.5 Å². The number of ether oxygens (including phenoxy) is 1. The number of primary amides is 1. The van der Waals surface area contributed by atoms with Crippen molar-refractivity contribution in [1.29, 1.82) is 0 Å². The topological polar surface area (TPSA) is 65.2 Å². The molecule has 0 fully saturated rings. The highest BCUT2D eigenvalue weighted by Gasteiger charge is 2.06. The number of nitrogens with two attached hydrogens (primary N) is 1. The first-order chi connectivity index (χ1) is 6.17. The van der Waals surface area contributed by atoms with Gasteiger partial charge in [0, 0.05) is 6.07 Å². The van der Waals surface area contributed by atoms with Crippen molar-refractivity contribution < 1.29 is 9.53 Å². The molecule has 4 heteroatoms. The molecule has 0 saturated heterocycles. The van der Waals surface area contributed by atoms with Crippen molar-refractivity contribution in [3.8, 4) is 5.88 Å².